The Kier molecular flexibility index (Phi) is 4.96. The van der Waals surface area contributed by atoms with Gasteiger partial charge in [0, 0.05) is 12.6 Å². The molecule has 0 radical (unpaired) electrons. The number of amides is 2. The minimum Gasteiger partial charge on any atom is -0.350 e. The van der Waals surface area contributed by atoms with E-state index < -0.39 is 5.54 Å². The molecule has 0 aliphatic heterocycles. The largest absolute Gasteiger partial charge is 0.350 e. The summed E-state index contributed by atoms with van der Waals surface area (Å²) in [4.78, 5) is 25.6. The van der Waals surface area contributed by atoms with E-state index >= 15 is 0 Å². The van der Waals surface area contributed by atoms with Crippen molar-refractivity contribution in [3.05, 3.63) is 0 Å². The lowest BCUT2D eigenvalue weighted by Crippen LogP contribution is -2.57. The first kappa shape index (κ1) is 16.0. The van der Waals surface area contributed by atoms with Gasteiger partial charge in [0.25, 0.3) is 0 Å². The molecule has 0 atom stereocenters. The standard InChI is InChI=1S/C14H27N3O2/c1-13(2,3)16-11(18)10-17(4)12(19)14(15)8-6-5-7-9-14/h5-10,15H2,1-4H3,(H,16,18). The minimum absolute atomic E-state index is 0.0645. The number of rotatable bonds is 3. The molecule has 19 heavy (non-hydrogen) atoms. The third kappa shape index (κ3) is 4.82. The van der Waals surface area contributed by atoms with Crippen LogP contribution in [0.5, 0.6) is 0 Å². The highest BCUT2D eigenvalue weighted by Crippen LogP contribution is 2.27. The molecule has 0 aromatic carbocycles. The van der Waals surface area contributed by atoms with Crippen LogP contribution in [-0.4, -0.2) is 41.4 Å². The Hall–Kier alpha value is -1.10. The molecule has 5 heteroatoms. The van der Waals surface area contributed by atoms with Crippen LogP contribution in [0.3, 0.4) is 0 Å². The molecule has 1 aliphatic rings. The van der Waals surface area contributed by atoms with E-state index in [-0.39, 0.29) is 23.9 Å². The van der Waals surface area contributed by atoms with Gasteiger partial charge >= 0.3 is 0 Å². The van der Waals surface area contributed by atoms with Crippen LogP contribution < -0.4 is 11.1 Å². The summed E-state index contributed by atoms with van der Waals surface area (Å²) in [6.45, 7) is 5.81. The van der Waals surface area contributed by atoms with E-state index in [9.17, 15) is 9.59 Å². The fourth-order valence-electron chi connectivity index (χ4n) is 2.52. The molecule has 5 nitrogen and oxygen atoms in total. The van der Waals surface area contributed by atoms with Crippen LogP contribution in [0.25, 0.3) is 0 Å². The van der Waals surface area contributed by atoms with E-state index in [4.69, 9.17) is 5.73 Å². The maximum absolute atomic E-state index is 12.3. The lowest BCUT2D eigenvalue weighted by Gasteiger charge is -2.35. The van der Waals surface area contributed by atoms with Crippen LogP contribution in [0.15, 0.2) is 0 Å². The number of likely N-dealkylation sites (N-methyl/N-ethyl adjacent to an activating group) is 1. The van der Waals surface area contributed by atoms with Crippen LogP contribution >= 0.6 is 0 Å². The Labute approximate surface area is 115 Å². The molecular formula is C14H27N3O2. The molecule has 110 valence electrons. The smallest absolute Gasteiger partial charge is 0.242 e. The quantitative estimate of drug-likeness (QED) is 0.803. The van der Waals surface area contributed by atoms with Gasteiger partial charge in [-0.3, -0.25) is 9.59 Å². The first-order valence-corrected chi connectivity index (χ1v) is 6.99. The molecule has 1 fully saturated rings. The molecule has 0 spiro atoms. The monoisotopic (exact) mass is 269 g/mol. The van der Waals surface area contributed by atoms with Gasteiger partial charge in [0.15, 0.2) is 0 Å². The third-order valence-corrected chi connectivity index (χ3v) is 3.41. The van der Waals surface area contributed by atoms with Crippen molar-refractivity contribution >= 4 is 11.8 Å². The van der Waals surface area contributed by atoms with E-state index in [0.29, 0.717) is 0 Å². The summed E-state index contributed by atoms with van der Waals surface area (Å²) in [7, 11) is 1.65. The van der Waals surface area contributed by atoms with Crippen LogP contribution in [0.2, 0.25) is 0 Å². The van der Waals surface area contributed by atoms with Gasteiger partial charge in [0.2, 0.25) is 11.8 Å². The molecule has 3 N–H and O–H groups in total. The maximum Gasteiger partial charge on any atom is 0.242 e. The van der Waals surface area contributed by atoms with Crippen LogP contribution in [0.4, 0.5) is 0 Å². The van der Waals surface area contributed by atoms with Crippen molar-refractivity contribution in [1.82, 2.24) is 10.2 Å². The van der Waals surface area contributed by atoms with Crippen LogP contribution in [0.1, 0.15) is 52.9 Å². The Balaban J connectivity index is 2.55. The number of hydrogen-bond donors (Lipinski definition) is 2. The Morgan fingerprint density at radius 2 is 1.74 bits per heavy atom. The summed E-state index contributed by atoms with van der Waals surface area (Å²) in [6, 6.07) is 0. The zero-order valence-corrected chi connectivity index (χ0v) is 12.6. The highest BCUT2D eigenvalue weighted by atomic mass is 16.2. The molecule has 0 aromatic heterocycles. The van der Waals surface area contributed by atoms with Gasteiger partial charge in [-0.25, -0.2) is 0 Å². The SMILES string of the molecule is CN(CC(=O)NC(C)(C)C)C(=O)C1(N)CCCCC1. The Morgan fingerprint density at radius 1 is 1.21 bits per heavy atom. The average Bonchev–Trinajstić information content (AvgIpc) is 2.26. The van der Waals surface area contributed by atoms with E-state index in [1.54, 1.807) is 7.05 Å². The zero-order valence-electron chi connectivity index (χ0n) is 12.6. The van der Waals surface area contributed by atoms with Crippen LogP contribution in [-0.2, 0) is 9.59 Å². The van der Waals surface area contributed by atoms with Crippen molar-refractivity contribution in [2.75, 3.05) is 13.6 Å². The second-order valence-corrected chi connectivity index (χ2v) is 6.68. The molecule has 0 heterocycles. The van der Waals surface area contributed by atoms with Crippen molar-refractivity contribution in [1.29, 1.82) is 0 Å². The zero-order chi connectivity index (χ0) is 14.7. The lowest BCUT2D eigenvalue weighted by atomic mass is 9.81. The van der Waals surface area contributed by atoms with Gasteiger partial charge in [0.1, 0.15) is 0 Å². The summed E-state index contributed by atoms with van der Waals surface area (Å²) in [5.41, 5.74) is 5.13. The van der Waals surface area contributed by atoms with Crippen LogP contribution in [0, 0.1) is 0 Å². The third-order valence-electron chi connectivity index (χ3n) is 3.41. The molecule has 1 rings (SSSR count). The van der Waals surface area contributed by atoms with Gasteiger partial charge in [0.05, 0.1) is 12.1 Å². The second-order valence-electron chi connectivity index (χ2n) is 6.68. The van der Waals surface area contributed by atoms with E-state index in [0.717, 1.165) is 32.1 Å². The van der Waals surface area contributed by atoms with Gasteiger partial charge < -0.3 is 16.0 Å². The van der Waals surface area contributed by atoms with Crippen molar-refractivity contribution in [3.8, 4) is 0 Å². The van der Waals surface area contributed by atoms with Crippen molar-refractivity contribution in [2.45, 2.75) is 64.0 Å². The summed E-state index contributed by atoms with van der Waals surface area (Å²) < 4.78 is 0. The lowest BCUT2D eigenvalue weighted by molar-refractivity contribution is -0.140. The topological polar surface area (TPSA) is 75.4 Å². The van der Waals surface area contributed by atoms with Gasteiger partial charge in [-0.05, 0) is 33.6 Å². The first-order valence-electron chi connectivity index (χ1n) is 6.99. The number of nitrogens with two attached hydrogens (primary N) is 1. The maximum atomic E-state index is 12.3. The molecule has 2 amide bonds. The summed E-state index contributed by atoms with van der Waals surface area (Å²) >= 11 is 0. The molecule has 1 aliphatic carbocycles. The Bertz CT molecular complexity index is 341. The molecule has 0 unspecified atom stereocenters. The molecule has 1 saturated carbocycles. The van der Waals surface area contributed by atoms with E-state index in [1.165, 1.54) is 4.90 Å². The van der Waals surface area contributed by atoms with Crippen molar-refractivity contribution in [3.63, 3.8) is 0 Å². The van der Waals surface area contributed by atoms with E-state index in [1.807, 2.05) is 20.8 Å². The minimum atomic E-state index is -0.769. The summed E-state index contributed by atoms with van der Waals surface area (Å²) in [6.07, 6.45) is 4.56. The molecule has 0 bridgehead atoms. The van der Waals surface area contributed by atoms with Gasteiger partial charge in [-0.15, -0.1) is 0 Å². The fraction of sp³-hybridized carbons (Fsp3) is 0.857. The normalized spacial score (nSPS) is 18.8. The second kappa shape index (κ2) is 5.90. The number of nitrogens with zero attached hydrogens (tertiary/aromatic N) is 1. The van der Waals surface area contributed by atoms with Gasteiger partial charge in [-0.2, -0.15) is 0 Å². The predicted molar refractivity (Wildman–Crippen MR) is 75.5 cm³/mol. The fourth-order valence-corrected chi connectivity index (χ4v) is 2.52. The number of hydrogen-bond acceptors (Lipinski definition) is 3. The summed E-state index contributed by atoms with van der Waals surface area (Å²) in [5, 5.41) is 2.85. The number of nitrogens with one attached hydrogen (secondary N) is 1. The number of carbonyl (C=O) groups excluding carboxylic acids is 2. The first-order chi connectivity index (χ1) is 8.64. The highest BCUT2D eigenvalue weighted by molar-refractivity contribution is 5.90. The summed E-state index contributed by atoms with van der Waals surface area (Å²) in [5.74, 6) is -0.265. The predicted octanol–water partition coefficient (Wildman–Crippen LogP) is 1.02. The average molecular weight is 269 g/mol. The molecule has 0 aromatic rings. The number of carbonyl (C=O) groups is 2. The molecule has 0 saturated heterocycles. The highest BCUT2D eigenvalue weighted by Gasteiger charge is 2.37. The Morgan fingerprint density at radius 3 is 2.21 bits per heavy atom. The van der Waals surface area contributed by atoms with Crippen molar-refractivity contribution < 1.29 is 9.59 Å². The van der Waals surface area contributed by atoms with E-state index in [2.05, 4.69) is 5.32 Å². The van der Waals surface area contributed by atoms with Crippen molar-refractivity contribution in [2.24, 2.45) is 5.73 Å². The van der Waals surface area contributed by atoms with Gasteiger partial charge in [-0.1, -0.05) is 19.3 Å². The molecular weight excluding hydrogens is 242 g/mol.